The number of nitrogens with zero attached hydrogens (tertiary/aromatic N) is 3. The van der Waals surface area contributed by atoms with Gasteiger partial charge in [-0.25, -0.2) is 9.67 Å². The Kier molecular flexibility index (Phi) is 4.18. The van der Waals surface area contributed by atoms with Gasteiger partial charge in [-0.15, -0.1) is 11.3 Å². The fourth-order valence-electron chi connectivity index (χ4n) is 1.87. The molecule has 0 unspecified atom stereocenters. The van der Waals surface area contributed by atoms with Crippen LogP contribution in [0.5, 0.6) is 0 Å². The van der Waals surface area contributed by atoms with Gasteiger partial charge in [-0.3, -0.25) is 4.79 Å². The van der Waals surface area contributed by atoms with Crippen LogP contribution < -0.4 is 10.9 Å². The van der Waals surface area contributed by atoms with Crippen molar-refractivity contribution in [2.75, 3.05) is 5.32 Å². The monoisotopic (exact) mass is 306 g/mol. The van der Waals surface area contributed by atoms with Crippen LogP contribution in [-0.2, 0) is 12.5 Å². The summed E-state index contributed by atoms with van der Waals surface area (Å²) >= 11 is 1.51. The fourth-order valence-corrected chi connectivity index (χ4v) is 2.73. The Morgan fingerprint density at radius 2 is 2.00 bits per heavy atom. The predicted octanol–water partition coefficient (Wildman–Crippen LogP) is 3.02. The van der Waals surface area contributed by atoms with E-state index < -0.39 is 0 Å². The molecular formula is C15H22N4OS. The Morgan fingerprint density at radius 1 is 1.33 bits per heavy atom. The van der Waals surface area contributed by atoms with E-state index in [9.17, 15) is 4.79 Å². The van der Waals surface area contributed by atoms with E-state index in [4.69, 9.17) is 0 Å². The molecule has 0 amide bonds. The third kappa shape index (κ3) is 3.50. The molecule has 0 saturated carbocycles. The molecule has 0 atom stereocenters. The van der Waals surface area contributed by atoms with Gasteiger partial charge >= 0.3 is 0 Å². The predicted molar refractivity (Wildman–Crippen MR) is 88.0 cm³/mol. The van der Waals surface area contributed by atoms with Crippen LogP contribution in [0.15, 0.2) is 16.2 Å². The summed E-state index contributed by atoms with van der Waals surface area (Å²) in [5.74, 6) is 0. The van der Waals surface area contributed by atoms with E-state index in [0.717, 1.165) is 10.8 Å². The van der Waals surface area contributed by atoms with Crippen molar-refractivity contribution in [1.82, 2.24) is 14.8 Å². The molecule has 5 nitrogen and oxygen atoms in total. The molecule has 21 heavy (non-hydrogen) atoms. The molecule has 0 aromatic carbocycles. The van der Waals surface area contributed by atoms with Gasteiger partial charge in [-0.1, -0.05) is 20.8 Å². The van der Waals surface area contributed by atoms with Crippen molar-refractivity contribution in [2.24, 2.45) is 7.05 Å². The molecule has 2 aromatic rings. The largest absolute Gasteiger partial charge is 0.359 e. The molecule has 1 N–H and O–H groups in total. The molecule has 2 rings (SSSR count). The van der Waals surface area contributed by atoms with Gasteiger partial charge in [0, 0.05) is 23.9 Å². The minimum atomic E-state index is -0.121. The van der Waals surface area contributed by atoms with Gasteiger partial charge in [-0.05, 0) is 19.9 Å². The van der Waals surface area contributed by atoms with Gasteiger partial charge in [0.25, 0.3) is 5.56 Å². The fraction of sp³-hybridized carbons (Fsp3) is 0.533. The second-order valence-electron chi connectivity index (χ2n) is 6.46. The van der Waals surface area contributed by atoms with E-state index in [2.05, 4.69) is 50.0 Å². The van der Waals surface area contributed by atoms with Gasteiger partial charge in [0.1, 0.15) is 0 Å². The SMILES string of the molecule is CC(C)Nc1nc(-c2cc(C(C)(C)C)nn(C)c2=O)cs1. The van der Waals surface area contributed by atoms with Crippen molar-refractivity contribution in [3.63, 3.8) is 0 Å². The normalized spacial score (nSPS) is 12.0. The summed E-state index contributed by atoms with van der Waals surface area (Å²) in [6, 6.07) is 2.17. The van der Waals surface area contributed by atoms with Crippen molar-refractivity contribution in [3.05, 3.63) is 27.5 Å². The summed E-state index contributed by atoms with van der Waals surface area (Å²) in [4.78, 5) is 16.8. The Hall–Kier alpha value is -1.69. The summed E-state index contributed by atoms with van der Waals surface area (Å²) in [7, 11) is 1.68. The minimum absolute atomic E-state index is 0.116. The number of hydrogen-bond donors (Lipinski definition) is 1. The van der Waals surface area contributed by atoms with Crippen molar-refractivity contribution < 1.29 is 0 Å². The summed E-state index contributed by atoms with van der Waals surface area (Å²) in [6.45, 7) is 10.4. The van der Waals surface area contributed by atoms with Crippen LogP contribution in [-0.4, -0.2) is 20.8 Å². The third-order valence-corrected chi connectivity index (χ3v) is 3.80. The molecule has 0 aliphatic rings. The molecule has 0 spiro atoms. The second kappa shape index (κ2) is 5.60. The molecule has 0 aliphatic carbocycles. The van der Waals surface area contributed by atoms with E-state index in [0.29, 0.717) is 17.3 Å². The number of thiazole rings is 1. The average molecular weight is 306 g/mol. The number of anilines is 1. The molecule has 0 bridgehead atoms. The first kappa shape index (κ1) is 15.7. The molecule has 2 aromatic heterocycles. The highest BCUT2D eigenvalue weighted by Crippen LogP contribution is 2.26. The lowest BCUT2D eigenvalue weighted by atomic mass is 9.91. The first-order valence-electron chi connectivity index (χ1n) is 6.99. The molecule has 0 aliphatic heterocycles. The van der Waals surface area contributed by atoms with Crippen molar-refractivity contribution in [2.45, 2.75) is 46.1 Å². The Morgan fingerprint density at radius 3 is 2.57 bits per heavy atom. The van der Waals surface area contributed by atoms with Crippen LogP contribution in [0.1, 0.15) is 40.3 Å². The lowest BCUT2D eigenvalue weighted by Gasteiger charge is -2.18. The van der Waals surface area contributed by atoms with Gasteiger partial charge in [0.15, 0.2) is 5.13 Å². The Labute approximate surface area is 129 Å². The smallest absolute Gasteiger partial charge is 0.275 e. The van der Waals surface area contributed by atoms with Gasteiger partial charge < -0.3 is 5.32 Å². The molecule has 0 fully saturated rings. The average Bonchev–Trinajstić information content (AvgIpc) is 2.78. The highest BCUT2D eigenvalue weighted by atomic mass is 32.1. The summed E-state index contributed by atoms with van der Waals surface area (Å²) in [5, 5.41) is 10.3. The maximum absolute atomic E-state index is 12.3. The quantitative estimate of drug-likeness (QED) is 0.947. The van der Waals surface area contributed by atoms with Crippen LogP contribution in [0.3, 0.4) is 0 Å². The topological polar surface area (TPSA) is 59.8 Å². The van der Waals surface area contributed by atoms with Crippen LogP contribution in [0.4, 0.5) is 5.13 Å². The third-order valence-electron chi connectivity index (χ3n) is 3.02. The van der Waals surface area contributed by atoms with E-state index in [1.165, 1.54) is 16.0 Å². The molecule has 2 heterocycles. The maximum Gasteiger partial charge on any atom is 0.275 e. The van der Waals surface area contributed by atoms with Crippen LogP contribution in [0.25, 0.3) is 11.3 Å². The number of rotatable bonds is 3. The number of nitrogens with one attached hydrogen (secondary N) is 1. The van der Waals surface area contributed by atoms with E-state index in [-0.39, 0.29) is 11.0 Å². The standard InChI is InChI=1S/C15H22N4OS/c1-9(2)16-14-17-11(8-21-14)10-7-12(15(3,4)5)18-19(6)13(10)20/h7-9H,1-6H3,(H,16,17). The number of aryl methyl sites for hydroxylation is 1. The summed E-state index contributed by atoms with van der Waals surface area (Å²) in [5.41, 5.74) is 1.95. The maximum atomic E-state index is 12.3. The first-order chi connectivity index (χ1) is 9.68. The zero-order valence-electron chi connectivity index (χ0n) is 13.4. The minimum Gasteiger partial charge on any atom is -0.359 e. The van der Waals surface area contributed by atoms with E-state index in [1.54, 1.807) is 7.05 Å². The van der Waals surface area contributed by atoms with Gasteiger partial charge in [0.05, 0.1) is 17.0 Å². The summed E-state index contributed by atoms with van der Waals surface area (Å²) < 4.78 is 1.39. The van der Waals surface area contributed by atoms with Crippen LogP contribution >= 0.6 is 11.3 Å². The van der Waals surface area contributed by atoms with Crippen molar-refractivity contribution >= 4 is 16.5 Å². The van der Waals surface area contributed by atoms with Crippen LogP contribution in [0.2, 0.25) is 0 Å². The van der Waals surface area contributed by atoms with Gasteiger partial charge in [0.2, 0.25) is 0 Å². The Bertz CT molecular complexity index is 694. The van der Waals surface area contributed by atoms with Crippen molar-refractivity contribution in [1.29, 1.82) is 0 Å². The number of aromatic nitrogens is 3. The summed E-state index contributed by atoms with van der Waals surface area (Å²) in [6.07, 6.45) is 0. The van der Waals surface area contributed by atoms with E-state index >= 15 is 0 Å². The second-order valence-corrected chi connectivity index (χ2v) is 7.32. The molecule has 0 saturated heterocycles. The molecular weight excluding hydrogens is 284 g/mol. The molecule has 6 heteroatoms. The van der Waals surface area contributed by atoms with Crippen LogP contribution in [0, 0.1) is 0 Å². The van der Waals surface area contributed by atoms with E-state index in [1.807, 2.05) is 11.4 Å². The highest BCUT2D eigenvalue weighted by Gasteiger charge is 2.20. The first-order valence-corrected chi connectivity index (χ1v) is 7.87. The molecule has 114 valence electrons. The zero-order valence-corrected chi connectivity index (χ0v) is 14.2. The van der Waals surface area contributed by atoms with Gasteiger partial charge in [-0.2, -0.15) is 5.10 Å². The lowest BCUT2D eigenvalue weighted by molar-refractivity contribution is 0.532. The Balaban J connectivity index is 2.50. The van der Waals surface area contributed by atoms with Crippen molar-refractivity contribution in [3.8, 4) is 11.3 Å². The molecule has 0 radical (unpaired) electrons. The lowest BCUT2D eigenvalue weighted by Crippen LogP contribution is -2.26. The zero-order chi connectivity index (χ0) is 15.8. The highest BCUT2D eigenvalue weighted by molar-refractivity contribution is 7.14. The number of hydrogen-bond acceptors (Lipinski definition) is 5.